The molecule has 2 fully saturated rings. The molecule has 2 saturated carbocycles. The second-order valence-electron chi connectivity index (χ2n) is 23.0. The Labute approximate surface area is 427 Å². The van der Waals surface area contributed by atoms with Crippen molar-refractivity contribution < 1.29 is 0 Å². The molecule has 0 aromatic heterocycles. The second kappa shape index (κ2) is 14.2. The SMILES string of the molecule is CC12CCCC1c1cc(-c3ccc4c(c3)C3(c5cc(-c6ccc7c(c6)C6CCCC6(C)N7c6ccccc6)ccc5-4)c4ccccc4-c4c3cc3ccc5cccc6ccc4c3c56)ccc1N2c1ccccc1. The summed E-state index contributed by atoms with van der Waals surface area (Å²) in [7, 11) is 0. The molecule has 0 amide bonds. The van der Waals surface area contributed by atoms with Crippen LogP contribution in [0.4, 0.5) is 22.7 Å². The van der Waals surface area contributed by atoms with Gasteiger partial charge in [-0.3, -0.25) is 0 Å². The van der Waals surface area contributed by atoms with E-state index >= 15 is 0 Å². The molecule has 0 radical (unpaired) electrons. The second-order valence-corrected chi connectivity index (χ2v) is 23.0. The zero-order valence-electron chi connectivity index (χ0n) is 41.4. The van der Waals surface area contributed by atoms with Gasteiger partial charge >= 0.3 is 0 Å². The topological polar surface area (TPSA) is 6.48 Å². The van der Waals surface area contributed by atoms with E-state index in [0.29, 0.717) is 11.8 Å². The van der Waals surface area contributed by atoms with Gasteiger partial charge in [0.1, 0.15) is 0 Å². The van der Waals surface area contributed by atoms with Gasteiger partial charge in [0.2, 0.25) is 0 Å². The highest BCUT2D eigenvalue weighted by molar-refractivity contribution is 6.27. The largest absolute Gasteiger partial charge is 0.335 e. The summed E-state index contributed by atoms with van der Waals surface area (Å²) in [6, 6.07) is 80.5. The van der Waals surface area contributed by atoms with Crippen LogP contribution in [0.2, 0.25) is 0 Å². The fourth-order valence-corrected chi connectivity index (χ4v) is 16.7. The third-order valence-electron chi connectivity index (χ3n) is 19.6. The summed E-state index contributed by atoms with van der Waals surface area (Å²) in [6.07, 6.45) is 7.39. The summed E-state index contributed by atoms with van der Waals surface area (Å²) in [4.78, 5) is 5.35. The van der Waals surface area contributed by atoms with Gasteiger partial charge in [-0.25, -0.2) is 0 Å². The number of rotatable bonds is 4. The van der Waals surface area contributed by atoms with Gasteiger partial charge in [0, 0.05) is 45.7 Å². The molecule has 1 spiro atoms. The van der Waals surface area contributed by atoms with Gasteiger partial charge in [-0.15, -0.1) is 0 Å². The van der Waals surface area contributed by atoms with Crippen molar-refractivity contribution in [1.29, 1.82) is 0 Å². The van der Waals surface area contributed by atoms with Gasteiger partial charge in [-0.1, -0.05) is 152 Å². The monoisotopic (exact) mass is 934 g/mol. The van der Waals surface area contributed by atoms with Crippen LogP contribution in [0.5, 0.6) is 0 Å². The van der Waals surface area contributed by atoms with Crippen molar-refractivity contribution in [2.45, 2.75) is 80.7 Å². The number of hydrogen-bond acceptors (Lipinski definition) is 2. The minimum atomic E-state index is -0.539. The Balaban J connectivity index is 0.897. The Kier molecular flexibility index (Phi) is 7.89. The maximum absolute atomic E-state index is 2.67. The van der Waals surface area contributed by atoms with E-state index in [0.717, 1.165) is 0 Å². The fraction of sp³-hybridized carbons (Fsp3) is 0.183. The molecule has 0 N–H and O–H groups in total. The molecule has 11 aromatic rings. The van der Waals surface area contributed by atoms with Crippen LogP contribution in [0.3, 0.4) is 0 Å². The Morgan fingerprint density at radius 3 is 1.48 bits per heavy atom. The van der Waals surface area contributed by atoms with Gasteiger partial charge in [-0.05, 0) is 216 Å². The average Bonchev–Trinajstić information content (AvgIpc) is 4.26. The first-order valence-corrected chi connectivity index (χ1v) is 27.0. The van der Waals surface area contributed by atoms with E-state index in [9.17, 15) is 0 Å². The first-order valence-electron chi connectivity index (χ1n) is 27.0. The molecule has 4 aliphatic carbocycles. The third-order valence-corrected chi connectivity index (χ3v) is 19.6. The number of para-hydroxylation sites is 2. The smallest absolute Gasteiger partial charge is 0.0726 e. The first kappa shape index (κ1) is 40.6. The van der Waals surface area contributed by atoms with Crippen molar-refractivity contribution in [2.75, 3.05) is 9.80 Å². The number of benzene rings is 11. The van der Waals surface area contributed by atoms with Crippen molar-refractivity contribution in [3.05, 3.63) is 240 Å². The van der Waals surface area contributed by atoms with Crippen molar-refractivity contribution in [2.24, 2.45) is 0 Å². The average molecular weight is 935 g/mol. The van der Waals surface area contributed by atoms with E-state index in [1.54, 1.807) is 0 Å². The molecular formula is C71H54N2. The molecule has 6 aliphatic rings. The molecule has 73 heavy (non-hydrogen) atoms. The van der Waals surface area contributed by atoms with E-state index in [2.05, 4.69) is 230 Å². The predicted octanol–water partition coefficient (Wildman–Crippen LogP) is 18.6. The maximum atomic E-state index is 2.67. The summed E-state index contributed by atoms with van der Waals surface area (Å²) in [5.74, 6) is 0.996. The minimum Gasteiger partial charge on any atom is -0.335 e. The Hall–Kier alpha value is -7.94. The van der Waals surface area contributed by atoms with Crippen LogP contribution in [-0.2, 0) is 5.41 Å². The van der Waals surface area contributed by atoms with Gasteiger partial charge < -0.3 is 9.80 Å². The lowest BCUT2D eigenvalue weighted by Gasteiger charge is -2.37. The van der Waals surface area contributed by atoms with Crippen LogP contribution in [0.15, 0.2) is 206 Å². The summed E-state index contributed by atoms with van der Waals surface area (Å²) in [5, 5.41) is 8.03. The van der Waals surface area contributed by atoms with E-state index in [-0.39, 0.29) is 11.1 Å². The third kappa shape index (κ3) is 5.05. The van der Waals surface area contributed by atoms with E-state index in [1.807, 2.05) is 0 Å². The minimum absolute atomic E-state index is 0.0708. The Morgan fingerprint density at radius 1 is 0.384 bits per heavy atom. The molecule has 0 saturated heterocycles. The zero-order valence-corrected chi connectivity index (χ0v) is 41.4. The van der Waals surface area contributed by atoms with Crippen LogP contribution in [-0.4, -0.2) is 11.1 Å². The van der Waals surface area contributed by atoms with Crippen LogP contribution < -0.4 is 9.80 Å². The Bertz CT molecular complexity index is 3980. The lowest BCUT2D eigenvalue weighted by atomic mass is 9.69. The van der Waals surface area contributed by atoms with E-state index in [1.165, 1.54) is 171 Å². The predicted molar refractivity (Wildman–Crippen MR) is 304 cm³/mol. The van der Waals surface area contributed by atoms with Crippen molar-refractivity contribution in [1.82, 2.24) is 0 Å². The summed E-state index contributed by atoms with van der Waals surface area (Å²) < 4.78 is 0. The van der Waals surface area contributed by atoms with Gasteiger partial charge in [0.05, 0.1) is 5.41 Å². The molecular weight excluding hydrogens is 881 g/mol. The first-order chi connectivity index (χ1) is 35.9. The number of hydrogen-bond donors (Lipinski definition) is 0. The van der Waals surface area contributed by atoms with Crippen molar-refractivity contribution in [3.63, 3.8) is 0 Å². The Morgan fingerprint density at radius 2 is 0.890 bits per heavy atom. The number of nitrogens with zero attached hydrogens (tertiary/aromatic N) is 2. The van der Waals surface area contributed by atoms with Crippen molar-refractivity contribution in [3.8, 4) is 44.5 Å². The summed E-state index contributed by atoms with van der Waals surface area (Å²) in [6.45, 7) is 5.03. The molecule has 0 bridgehead atoms. The lowest BCUT2D eigenvalue weighted by molar-refractivity contribution is 0.451. The normalized spacial score (nSPS) is 23.5. The summed E-state index contributed by atoms with van der Waals surface area (Å²) in [5.41, 5.74) is 24.1. The van der Waals surface area contributed by atoms with Gasteiger partial charge in [0.15, 0.2) is 0 Å². The highest BCUT2D eigenvalue weighted by atomic mass is 15.2. The highest BCUT2D eigenvalue weighted by Crippen LogP contribution is 2.66. The van der Waals surface area contributed by atoms with Crippen LogP contribution in [0, 0.1) is 0 Å². The standard InChI is InChI=1S/C71H54N2/c1-69-36-12-22-58(69)56-38-45(29-34-64(56)72(69)50-16-5-3-6-17-50)47-27-31-52-53-32-28-48(46-30-35-65-57(39-46)59-23-13-37-70(59,2)73(65)51-18-7-4-8-19-51)41-62(53)71(61(52)40-47)60-21-10-9-20-54(60)68-55-33-26-44-15-11-14-43-24-25-49(42-63(68)71)67(55)66(43)44/h3-11,14-21,24-35,38-42,58-59H,12-13,22-23,36-37H2,1-2H3. The quantitative estimate of drug-likeness (QED) is 0.162. The molecule has 2 heterocycles. The lowest BCUT2D eigenvalue weighted by Crippen LogP contribution is -2.40. The fourth-order valence-electron chi connectivity index (χ4n) is 16.7. The number of fused-ring (bicyclic) bond motifs is 17. The molecule has 2 nitrogen and oxygen atoms in total. The molecule has 4 atom stereocenters. The van der Waals surface area contributed by atoms with Crippen LogP contribution in [0.25, 0.3) is 76.8 Å². The molecule has 348 valence electrons. The van der Waals surface area contributed by atoms with E-state index in [4.69, 9.17) is 0 Å². The van der Waals surface area contributed by atoms with Gasteiger partial charge in [-0.2, -0.15) is 0 Å². The zero-order chi connectivity index (χ0) is 48.0. The van der Waals surface area contributed by atoms with Crippen LogP contribution in [0.1, 0.15) is 97.6 Å². The summed E-state index contributed by atoms with van der Waals surface area (Å²) >= 11 is 0. The number of anilines is 4. The molecule has 11 aromatic carbocycles. The molecule has 2 heteroatoms. The molecule has 2 aliphatic heterocycles. The van der Waals surface area contributed by atoms with E-state index < -0.39 is 5.41 Å². The highest BCUT2D eigenvalue weighted by Gasteiger charge is 2.55. The van der Waals surface area contributed by atoms with Gasteiger partial charge in [0.25, 0.3) is 0 Å². The van der Waals surface area contributed by atoms with Crippen molar-refractivity contribution >= 4 is 55.1 Å². The maximum Gasteiger partial charge on any atom is 0.0726 e. The molecule has 17 rings (SSSR count). The van der Waals surface area contributed by atoms with Crippen LogP contribution >= 0.6 is 0 Å². The molecule has 4 unspecified atom stereocenters.